The third-order valence-corrected chi connectivity index (χ3v) is 14.8. The Morgan fingerprint density at radius 2 is 1.39 bits per heavy atom. The van der Waals surface area contributed by atoms with Gasteiger partial charge in [-0.1, -0.05) is 70.7 Å². The first kappa shape index (κ1) is 54.6. The van der Waals surface area contributed by atoms with Gasteiger partial charge in [-0.25, -0.2) is 9.59 Å². The van der Waals surface area contributed by atoms with Crippen LogP contribution in [-0.4, -0.2) is 140 Å². The Bertz CT molecular complexity index is 2050. The molecular weight excluding hydrogens is 887 g/mol. The van der Waals surface area contributed by atoms with Crippen molar-refractivity contribution in [3.63, 3.8) is 0 Å². The Labute approximate surface area is 409 Å². The maximum atomic E-state index is 14.8. The van der Waals surface area contributed by atoms with E-state index in [0.717, 1.165) is 0 Å². The minimum Gasteiger partial charge on any atom is -0.457 e. The molecule has 0 amide bonds. The van der Waals surface area contributed by atoms with Crippen molar-refractivity contribution in [2.24, 2.45) is 23.7 Å². The molecule has 2 bridgehead atoms. The van der Waals surface area contributed by atoms with Crippen LogP contribution in [0.5, 0.6) is 0 Å². The fourth-order valence-electron chi connectivity index (χ4n) is 11.1. The van der Waals surface area contributed by atoms with Gasteiger partial charge in [-0.05, 0) is 118 Å². The maximum Gasteiger partial charge on any atom is 0.338 e. The van der Waals surface area contributed by atoms with E-state index in [4.69, 9.17) is 47.4 Å². The molecular formula is C54H79NO14. The molecule has 2 aromatic carbocycles. The van der Waals surface area contributed by atoms with Crippen LogP contribution in [0, 0.1) is 23.7 Å². The Kier molecular flexibility index (Phi) is 17.7. The summed E-state index contributed by atoms with van der Waals surface area (Å²) in [6, 6.07) is 17.1. The molecule has 15 heteroatoms. The molecule has 4 saturated heterocycles. The van der Waals surface area contributed by atoms with E-state index in [1.54, 1.807) is 76.4 Å². The summed E-state index contributed by atoms with van der Waals surface area (Å²) in [5.74, 6) is -5.03. The number of likely N-dealkylation sites (N-methyl/N-ethyl adjacent to an activating group) is 1. The third kappa shape index (κ3) is 12.5. The van der Waals surface area contributed by atoms with Crippen molar-refractivity contribution in [3.8, 4) is 0 Å². The van der Waals surface area contributed by atoms with Gasteiger partial charge in [0.1, 0.15) is 11.7 Å². The molecule has 15 nitrogen and oxygen atoms in total. The molecule has 6 rings (SSSR count). The monoisotopic (exact) mass is 966 g/mol. The zero-order chi connectivity index (χ0) is 50.7. The van der Waals surface area contributed by atoms with E-state index in [-0.39, 0.29) is 36.8 Å². The minimum absolute atomic E-state index is 0.0931. The number of rotatable bonds is 11. The summed E-state index contributed by atoms with van der Waals surface area (Å²) in [5.41, 5.74) is -1.42. The lowest BCUT2D eigenvalue weighted by atomic mass is 9.74. The summed E-state index contributed by atoms with van der Waals surface area (Å²) >= 11 is 0. The maximum absolute atomic E-state index is 14.8. The summed E-state index contributed by atoms with van der Waals surface area (Å²) in [4.78, 5) is 44.0. The molecule has 4 aliphatic heterocycles. The molecule has 0 radical (unpaired) electrons. The van der Waals surface area contributed by atoms with E-state index in [1.165, 1.54) is 0 Å². The van der Waals surface area contributed by atoms with E-state index in [2.05, 4.69) is 6.58 Å². The van der Waals surface area contributed by atoms with Crippen LogP contribution in [0.4, 0.5) is 0 Å². The van der Waals surface area contributed by atoms with Gasteiger partial charge in [0, 0.05) is 25.4 Å². The number of carbonyl (C=O) groups excluding carboxylic acids is 3. The molecule has 4 aliphatic rings. The van der Waals surface area contributed by atoms with E-state index in [0.29, 0.717) is 29.5 Å². The van der Waals surface area contributed by atoms with E-state index >= 15 is 0 Å². The first-order valence-electron chi connectivity index (χ1n) is 24.7. The normalized spacial score (nSPS) is 40.0. The van der Waals surface area contributed by atoms with Gasteiger partial charge in [0.05, 0.1) is 65.3 Å². The van der Waals surface area contributed by atoms with Crippen LogP contribution in [-0.2, 0) is 52.2 Å². The number of nitrogens with zero attached hydrogens (tertiary/aromatic N) is 1. The van der Waals surface area contributed by atoms with E-state index < -0.39 is 108 Å². The van der Waals surface area contributed by atoms with Gasteiger partial charge in [0.2, 0.25) is 0 Å². The highest BCUT2D eigenvalue weighted by Crippen LogP contribution is 2.45. The standard InChI is InChI=1S/C54H79NO14/c1-16-40-32(4)44-33(5)42(68-52(9,10)69-44)30(2)28-53(11,59)46(67-51-45(39(55(13)14)27-31(3)61-51)65-49(57)37-23-19-17-20-24-37)34(6)43(35(7)48(56)63-40)64-41-29-54(12,60-15)47(36(8)62-41)66-50(58)38-25-21-18-22-26-38/h17-26,30-31,33-36,39-47,51,59H,4,16,27-29H2,1-3,5-15H3/t30-,31-,33+,34+,35-,36+,39+,40-,41?,42+,43+,44+,45-,46-,47+,51?,53-,54-/m1/s1. The van der Waals surface area contributed by atoms with Crippen LogP contribution in [0.1, 0.15) is 123 Å². The quantitative estimate of drug-likeness (QED) is 0.131. The number of aliphatic hydroxyl groups is 1. The topological polar surface area (TPSA) is 167 Å². The molecule has 0 saturated carbocycles. The predicted molar refractivity (Wildman–Crippen MR) is 257 cm³/mol. The van der Waals surface area contributed by atoms with Crippen LogP contribution in [0.2, 0.25) is 0 Å². The molecule has 4 heterocycles. The summed E-state index contributed by atoms with van der Waals surface area (Å²) in [7, 11) is 5.37. The van der Waals surface area contributed by atoms with Crippen LogP contribution in [0.25, 0.3) is 0 Å². The average Bonchev–Trinajstić information content (AvgIpc) is 3.30. The lowest BCUT2D eigenvalue weighted by Gasteiger charge is -2.51. The fraction of sp³-hybridized carbons (Fsp3) is 0.685. The molecule has 1 N–H and O–H groups in total. The first-order valence-corrected chi connectivity index (χ1v) is 24.7. The van der Waals surface area contributed by atoms with Gasteiger partial charge in [-0.2, -0.15) is 0 Å². The largest absolute Gasteiger partial charge is 0.457 e. The number of benzene rings is 2. The number of esters is 3. The highest BCUT2D eigenvalue weighted by atomic mass is 16.7. The summed E-state index contributed by atoms with van der Waals surface area (Å²) in [6.45, 7) is 25.0. The third-order valence-electron chi connectivity index (χ3n) is 14.8. The van der Waals surface area contributed by atoms with E-state index in [1.807, 2.05) is 86.5 Å². The van der Waals surface area contributed by atoms with Crippen LogP contribution >= 0.6 is 0 Å². The second-order valence-corrected chi connectivity index (χ2v) is 21.1. The van der Waals surface area contributed by atoms with Crippen molar-refractivity contribution in [2.45, 2.75) is 192 Å². The van der Waals surface area contributed by atoms with Gasteiger partial charge >= 0.3 is 17.9 Å². The zero-order valence-corrected chi connectivity index (χ0v) is 43.2. The molecule has 2 unspecified atom stereocenters. The fourth-order valence-corrected chi connectivity index (χ4v) is 11.1. The lowest BCUT2D eigenvalue weighted by Crippen LogP contribution is -2.62. The van der Waals surface area contributed by atoms with Gasteiger partial charge < -0.3 is 57.4 Å². The van der Waals surface area contributed by atoms with Crippen molar-refractivity contribution >= 4 is 17.9 Å². The summed E-state index contributed by atoms with van der Waals surface area (Å²) in [5, 5.41) is 13.2. The number of ether oxygens (including phenoxy) is 10. The Morgan fingerprint density at radius 1 is 0.797 bits per heavy atom. The van der Waals surface area contributed by atoms with Gasteiger partial charge in [-0.3, -0.25) is 4.79 Å². The predicted octanol–water partition coefficient (Wildman–Crippen LogP) is 7.91. The van der Waals surface area contributed by atoms with Crippen molar-refractivity contribution in [3.05, 3.63) is 83.9 Å². The van der Waals surface area contributed by atoms with Crippen molar-refractivity contribution in [1.29, 1.82) is 0 Å². The van der Waals surface area contributed by atoms with Gasteiger partial charge in [-0.15, -0.1) is 0 Å². The van der Waals surface area contributed by atoms with Crippen LogP contribution in [0.3, 0.4) is 0 Å². The van der Waals surface area contributed by atoms with Crippen molar-refractivity contribution < 1.29 is 66.9 Å². The molecule has 18 atom stereocenters. The van der Waals surface area contributed by atoms with Crippen LogP contribution < -0.4 is 0 Å². The number of methoxy groups -OCH3 is 1. The minimum atomic E-state index is -1.68. The molecule has 384 valence electrons. The number of cyclic esters (lactones) is 1. The molecule has 0 aromatic heterocycles. The number of hydrogen-bond donors (Lipinski definition) is 1. The van der Waals surface area contributed by atoms with Crippen molar-refractivity contribution in [2.75, 3.05) is 21.2 Å². The number of hydrogen-bond acceptors (Lipinski definition) is 15. The van der Waals surface area contributed by atoms with Gasteiger partial charge in [0.25, 0.3) is 0 Å². The number of fused-ring (bicyclic) bond motifs is 2. The Balaban J connectivity index is 1.43. The summed E-state index contributed by atoms with van der Waals surface area (Å²) in [6.07, 6.45) is -7.73. The van der Waals surface area contributed by atoms with E-state index in [9.17, 15) is 19.5 Å². The number of carbonyl (C=O) groups is 3. The molecule has 69 heavy (non-hydrogen) atoms. The SMILES string of the molecule is C=C1[C@@H](CC)OC(=O)[C@H](C)[C@@H](OC2C[C@@](C)(OC)[C@@H](OC(=O)c3ccccc3)[C@H](C)O2)[C@H](C)[C@@H](OC2O[C@H](C)C[C@H](N(C)C)[C@H]2OC(=O)c2ccccc2)[C@](C)(O)C[C@@H](C)[C@@H]2OC(C)(C)O[C@@H]1[C@H]2C. The molecule has 0 spiro atoms. The first-order chi connectivity index (χ1) is 32.4. The molecule has 4 fully saturated rings. The Hall–Kier alpha value is -3.77. The Morgan fingerprint density at radius 3 is 1.96 bits per heavy atom. The molecule has 0 aliphatic carbocycles. The average molecular weight is 966 g/mol. The lowest BCUT2D eigenvalue weighted by molar-refractivity contribution is -0.329. The zero-order valence-electron chi connectivity index (χ0n) is 43.2. The van der Waals surface area contributed by atoms with Crippen LogP contribution in [0.15, 0.2) is 72.8 Å². The highest BCUT2D eigenvalue weighted by Gasteiger charge is 2.55. The molecule has 2 aromatic rings. The van der Waals surface area contributed by atoms with Gasteiger partial charge in [0.15, 0.2) is 30.6 Å². The van der Waals surface area contributed by atoms with Crippen molar-refractivity contribution in [1.82, 2.24) is 4.90 Å². The smallest absolute Gasteiger partial charge is 0.338 e. The second-order valence-electron chi connectivity index (χ2n) is 21.1. The second kappa shape index (κ2) is 22.3. The summed E-state index contributed by atoms with van der Waals surface area (Å²) < 4.78 is 65.5. The highest BCUT2D eigenvalue weighted by molar-refractivity contribution is 5.90.